The lowest BCUT2D eigenvalue weighted by Crippen LogP contribution is -2.63. The van der Waals surface area contributed by atoms with Crippen LogP contribution in [0.2, 0.25) is 0 Å². The van der Waals surface area contributed by atoms with E-state index in [1.54, 1.807) is 0 Å². The van der Waals surface area contributed by atoms with Gasteiger partial charge in [0.1, 0.15) is 0 Å². The van der Waals surface area contributed by atoms with Crippen LogP contribution < -0.4 is 11.5 Å². The zero-order valence-electron chi connectivity index (χ0n) is 13.7. The van der Waals surface area contributed by atoms with Gasteiger partial charge in [0, 0.05) is 17.1 Å². The molecule has 0 saturated carbocycles. The predicted octanol–water partition coefficient (Wildman–Crippen LogP) is 2.73. The third kappa shape index (κ3) is 3.93. The van der Waals surface area contributed by atoms with E-state index in [-0.39, 0.29) is 5.54 Å². The number of hydrogen-bond acceptors (Lipinski definition) is 3. The first kappa shape index (κ1) is 16.9. The molecule has 2 unspecified atom stereocenters. The fraction of sp³-hybridized carbons (Fsp3) is 1.00. The Bertz CT molecular complexity index is 273. The van der Waals surface area contributed by atoms with Crippen LogP contribution in [0.1, 0.15) is 66.2 Å². The highest BCUT2D eigenvalue weighted by molar-refractivity contribution is 5.02. The molecule has 1 aliphatic heterocycles. The second-order valence-electron chi connectivity index (χ2n) is 7.47. The summed E-state index contributed by atoms with van der Waals surface area (Å²) in [6.45, 7) is 10.2. The predicted molar refractivity (Wildman–Crippen MR) is 84.1 cm³/mol. The first-order chi connectivity index (χ1) is 8.73. The van der Waals surface area contributed by atoms with Gasteiger partial charge in [0.2, 0.25) is 0 Å². The van der Waals surface area contributed by atoms with Crippen LogP contribution in [0.3, 0.4) is 0 Å². The van der Waals surface area contributed by atoms with E-state index in [0.29, 0.717) is 17.5 Å². The summed E-state index contributed by atoms with van der Waals surface area (Å²) < 4.78 is 0. The number of nitrogens with two attached hydrogens (primary N) is 2. The average molecular weight is 269 g/mol. The molecular formula is C16H35N3. The fourth-order valence-electron chi connectivity index (χ4n) is 3.70. The zero-order chi connectivity index (χ0) is 14.7. The highest BCUT2D eigenvalue weighted by Gasteiger charge is 2.46. The molecule has 0 bridgehead atoms. The van der Waals surface area contributed by atoms with Crippen LogP contribution in [0.15, 0.2) is 0 Å². The maximum Gasteiger partial charge on any atom is 0.0198 e. The lowest BCUT2D eigenvalue weighted by Gasteiger charge is -2.56. The SMILES string of the molecule is CN1C(C)(C)CCC(C(N)CCCCCN)C1(C)C. The molecule has 0 aromatic carbocycles. The maximum atomic E-state index is 6.50. The van der Waals surface area contributed by atoms with E-state index in [1.165, 1.54) is 25.7 Å². The van der Waals surface area contributed by atoms with E-state index in [4.69, 9.17) is 11.5 Å². The zero-order valence-corrected chi connectivity index (χ0v) is 13.7. The van der Waals surface area contributed by atoms with Gasteiger partial charge in [-0.2, -0.15) is 0 Å². The summed E-state index contributed by atoms with van der Waals surface area (Å²) in [7, 11) is 2.26. The van der Waals surface area contributed by atoms with Crippen LogP contribution in [0.5, 0.6) is 0 Å². The standard InChI is InChI=1S/C16H35N3/c1-15(2)11-10-13(16(3,4)19(15)5)14(18)9-7-6-8-12-17/h13-14H,6-12,17-18H2,1-5H3. The van der Waals surface area contributed by atoms with Gasteiger partial charge in [0.15, 0.2) is 0 Å². The summed E-state index contributed by atoms with van der Waals surface area (Å²) in [6, 6.07) is 0.325. The van der Waals surface area contributed by atoms with Crippen molar-refractivity contribution in [2.45, 2.75) is 83.3 Å². The summed E-state index contributed by atoms with van der Waals surface area (Å²) in [6.07, 6.45) is 7.21. The lowest BCUT2D eigenvalue weighted by molar-refractivity contribution is -0.0531. The van der Waals surface area contributed by atoms with Gasteiger partial charge >= 0.3 is 0 Å². The third-order valence-corrected chi connectivity index (χ3v) is 5.51. The van der Waals surface area contributed by atoms with Crippen molar-refractivity contribution in [3.63, 3.8) is 0 Å². The number of unbranched alkanes of at least 4 members (excludes halogenated alkanes) is 2. The minimum absolute atomic E-state index is 0.190. The van der Waals surface area contributed by atoms with E-state index in [0.717, 1.165) is 19.4 Å². The number of hydrogen-bond donors (Lipinski definition) is 2. The minimum Gasteiger partial charge on any atom is -0.330 e. The van der Waals surface area contributed by atoms with Gasteiger partial charge < -0.3 is 11.5 Å². The smallest absolute Gasteiger partial charge is 0.0198 e. The number of rotatable bonds is 6. The summed E-state index contributed by atoms with van der Waals surface area (Å²) in [5, 5.41) is 0. The average Bonchev–Trinajstić information content (AvgIpc) is 2.32. The quantitative estimate of drug-likeness (QED) is 0.729. The van der Waals surface area contributed by atoms with E-state index >= 15 is 0 Å². The van der Waals surface area contributed by atoms with Gasteiger partial charge in [-0.25, -0.2) is 0 Å². The van der Waals surface area contributed by atoms with Crippen molar-refractivity contribution in [3.05, 3.63) is 0 Å². The van der Waals surface area contributed by atoms with Crippen molar-refractivity contribution in [2.24, 2.45) is 17.4 Å². The van der Waals surface area contributed by atoms with Gasteiger partial charge in [-0.05, 0) is 72.9 Å². The molecule has 19 heavy (non-hydrogen) atoms. The molecular weight excluding hydrogens is 234 g/mol. The Labute approximate surface area is 120 Å². The first-order valence-electron chi connectivity index (χ1n) is 7.93. The van der Waals surface area contributed by atoms with Gasteiger partial charge in [-0.15, -0.1) is 0 Å². The Morgan fingerprint density at radius 1 is 1.16 bits per heavy atom. The van der Waals surface area contributed by atoms with Gasteiger partial charge in [-0.3, -0.25) is 4.90 Å². The normalized spacial score (nSPS) is 28.3. The van der Waals surface area contributed by atoms with E-state index < -0.39 is 0 Å². The molecule has 0 aromatic rings. The number of nitrogens with zero attached hydrogens (tertiary/aromatic N) is 1. The molecule has 1 rings (SSSR count). The lowest BCUT2D eigenvalue weighted by atomic mass is 9.69. The molecule has 3 nitrogen and oxygen atoms in total. The monoisotopic (exact) mass is 269 g/mol. The van der Waals surface area contributed by atoms with Gasteiger partial charge in [-0.1, -0.05) is 12.8 Å². The van der Waals surface area contributed by atoms with E-state index in [2.05, 4.69) is 39.6 Å². The minimum atomic E-state index is 0.190. The Balaban J connectivity index is 2.58. The maximum absolute atomic E-state index is 6.50. The molecule has 1 fully saturated rings. The van der Waals surface area contributed by atoms with Crippen LogP contribution in [-0.4, -0.2) is 35.6 Å². The number of likely N-dealkylation sites (tertiary alicyclic amines) is 1. The Hall–Kier alpha value is -0.120. The van der Waals surface area contributed by atoms with Crippen molar-refractivity contribution in [1.29, 1.82) is 0 Å². The highest BCUT2D eigenvalue weighted by atomic mass is 15.2. The third-order valence-electron chi connectivity index (χ3n) is 5.51. The van der Waals surface area contributed by atoms with Crippen LogP contribution in [0.4, 0.5) is 0 Å². The fourth-order valence-corrected chi connectivity index (χ4v) is 3.70. The van der Waals surface area contributed by atoms with E-state index in [9.17, 15) is 0 Å². The van der Waals surface area contributed by atoms with Gasteiger partial charge in [0.05, 0.1) is 0 Å². The van der Waals surface area contributed by atoms with Crippen molar-refractivity contribution in [3.8, 4) is 0 Å². The molecule has 1 saturated heterocycles. The molecule has 3 heteroatoms. The Morgan fingerprint density at radius 2 is 1.79 bits per heavy atom. The molecule has 0 aliphatic carbocycles. The first-order valence-corrected chi connectivity index (χ1v) is 7.93. The van der Waals surface area contributed by atoms with Crippen LogP contribution >= 0.6 is 0 Å². The van der Waals surface area contributed by atoms with Crippen molar-refractivity contribution < 1.29 is 0 Å². The largest absolute Gasteiger partial charge is 0.330 e. The molecule has 0 amide bonds. The summed E-state index contributed by atoms with van der Waals surface area (Å²) in [5.41, 5.74) is 12.5. The molecule has 0 spiro atoms. The molecule has 114 valence electrons. The summed E-state index contributed by atoms with van der Waals surface area (Å²) >= 11 is 0. The second-order valence-corrected chi connectivity index (χ2v) is 7.47. The Kier molecular flexibility index (Phi) is 5.84. The molecule has 1 heterocycles. The van der Waals surface area contributed by atoms with Crippen LogP contribution in [0, 0.1) is 5.92 Å². The molecule has 1 aliphatic rings. The second kappa shape index (κ2) is 6.55. The number of piperidine rings is 1. The molecule has 4 N–H and O–H groups in total. The highest BCUT2D eigenvalue weighted by Crippen LogP contribution is 2.42. The molecule has 0 aromatic heterocycles. The Morgan fingerprint density at radius 3 is 2.37 bits per heavy atom. The van der Waals surface area contributed by atoms with Crippen LogP contribution in [0.25, 0.3) is 0 Å². The van der Waals surface area contributed by atoms with Crippen LogP contribution in [-0.2, 0) is 0 Å². The van der Waals surface area contributed by atoms with E-state index in [1.807, 2.05) is 0 Å². The molecule has 2 atom stereocenters. The molecule has 0 radical (unpaired) electrons. The summed E-state index contributed by atoms with van der Waals surface area (Å²) in [4.78, 5) is 2.54. The van der Waals surface area contributed by atoms with Crippen molar-refractivity contribution in [1.82, 2.24) is 4.90 Å². The topological polar surface area (TPSA) is 55.3 Å². The van der Waals surface area contributed by atoms with Gasteiger partial charge in [0.25, 0.3) is 0 Å². The van der Waals surface area contributed by atoms with Crippen molar-refractivity contribution in [2.75, 3.05) is 13.6 Å². The summed E-state index contributed by atoms with van der Waals surface area (Å²) in [5.74, 6) is 0.600. The van der Waals surface area contributed by atoms with Crippen molar-refractivity contribution >= 4 is 0 Å².